The van der Waals surface area contributed by atoms with E-state index in [0.29, 0.717) is 24.5 Å². The van der Waals surface area contributed by atoms with E-state index >= 15 is 0 Å². The molecular formula is C13H13N3O3. The van der Waals surface area contributed by atoms with E-state index in [2.05, 4.69) is 15.5 Å². The van der Waals surface area contributed by atoms with Crippen molar-refractivity contribution in [1.29, 1.82) is 0 Å². The van der Waals surface area contributed by atoms with E-state index < -0.39 is 0 Å². The zero-order valence-corrected chi connectivity index (χ0v) is 10.1. The highest BCUT2D eigenvalue weighted by molar-refractivity contribution is 6.03. The van der Waals surface area contributed by atoms with Crippen LogP contribution in [-0.4, -0.2) is 29.3 Å². The second-order valence-electron chi connectivity index (χ2n) is 4.14. The SMILES string of the molecule is O=C(Nc1cccc(C2OCCO2)c1)c1cn[nH]c1. The molecule has 2 N–H and O–H groups in total. The average molecular weight is 259 g/mol. The largest absolute Gasteiger partial charge is 0.346 e. The molecule has 0 spiro atoms. The van der Waals surface area contributed by atoms with E-state index in [4.69, 9.17) is 9.47 Å². The zero-order chi connectivity index (χ0) is 13.1. The van der Waals surface area contributed by atoms with E-state index in [1.165, 1.54) is 6.20 Å². The number of amides is 1. The number of hydrogen-bond donors (Lipinski definition) is 2. The molecule has 0 bridgehead atoms. The molecule has 0 saturated carbocycles. The van der Waals surface area contributed by atoms with E-state index in [-0.39, 0.29) is 12.2 Å². The van der Waals surface area contributed by atoms with Crippen LogP contribution in [0.2, 0.25) is 0 Å². The maximum absolute atomic E-state index is 11.9. The summed E-state index contributed by atoms with van der Waals surface area (Å²) in [4.78, 5) is 11.9. The lowest BCUT2D eigenvalue weighted by Crippen LogP contribution is -2.11. The third kappa shape index (κ3) is 2.64. The van der Waals surface area contributed by atoms with Crippen molar-refractivity contribution in [3.63, 3.8) is 0 Å². The molecule has 3 rings (SSSR count). The van der Waals surface area contributed by atoms with Crippen molar-refractivity contribution in [3.05, 3.63) is 47.8 Å². The molecule has 1 aromatic heterocycles. The van der Waals surface area contributed by atoms with Gasteiger partial charge in [0.15, 0.2) is 6.29 Å². The summed E-state index contributed by atoms with van der Waals surface area (Å²) < 4.78 is 10.8. The number of benzene rings is 1. The molecule has 0 radical (unpaired) electrons. The van der Waals surface area contributed by atoms with E-state index in [1.54, 1.807) is 6.20 Å². The molecule has 0 atom stereocenters. The van der Waals surface area contributed by atoms with Gasteiger partial charge in [-0.15, -0.1) is 0 Å². The molecule has 2 aromatic rings. The summed E-state index contributed by atoms with van der Waals surface area (Å²) in [6.07, 6.45) is 2.68. The van der Waals surface area contributed by atoms with Gasteiger partial charge in [-0.05, 0) is 12.1 Å². The van der Waals surface area contributed by atoms with Gasteiger partial charge in [-0.25, -0.2) is 0 Å². The number of nitrogens with one attached hydrogen (secondary N) is 2. The fraction of sp³-hybridized carbons (Fsp3) is 0.231. The first-order valence-electron chi connectivity index (χ1n) is 5.96. The van der Waals surface area contributed by atoms with Gasteiger partial charge >= 0.3 is 0 Å². The lowest BCUT2D eigenvalue weighted by Gasteiger charge is -2.11. The first-order valence-corrected chi connectivity index (χ1v) is 5.96. The number of H-pyrrole nitrogens is 1. The number of nitrogens with zero attached hydrogens (tertiary/aromatic N) is 1. The molecule has 6 nitrogen and oxygen atoms in total. The van der Waals surface area contributed by atoms with Gasteiger partial charge in [-0.2, -0.15) is 5.10 Å². The van der Waals surface area contributed by atoms with E-state index in [9.17, 15) is 4.79 Å². The first kappa shape index (κ1) is 11.9. The predicted molar refractivity (Wildman–Crippen MR) is 67.6 cm³/mol. The molecular weight excluding hydrogens is 246 g/mol. The normalized spacial score (nSPS) is 15.6. The molecule has 1 aliphatic rings. The molecule has 0 unspecified atom stereocenters. The number of carbonyl (C=O) groups is 1. The van der Waals surface area contributed by atoms with Gasteiger partial charge in [0.2, 0.25) is 0 Å². The molecule has 1 aliphatic heterocycles. The number of rotatable bonds is 3. The summed E-state index contributed by atoms with van der Waals surface area (Å²) in [5.41, 5.74) is 2.07. The molecule has 6 heteroatoms. The summed E-state index contributed by atoms with van der Waals surface area (Å²) in [7, 11) is 0. The molecule has 19 heavy (non-hydrogen) atoms. The van der Waals surface area contributed by atoms with Gasteiger partial charge in [-0.1, -0.05) is 12.1 Å². The Labute approximate surface area is 109 Å². The van der Waals surface area contributed by atoms with Gasteiger partial charge in [0.1, 0.15) is 0 Å². The number of aromatic nitrogens is 2. The molecule has 1 aromatic carbocycles. The zero-order valence-electron chi connectivity index (χ0n) is 10.1. The Morgan fingerprint density at radius 1 is 1.37 bits per heavy atom. The van der Waals surface area contributed by atoms with Gasteiger partial charge in [0, 0.05) is 17.4 Å². The third-order valence-corrected chi connectivity index (χ3v) is 2.80. The monoisotopic (exact) mass is 259 g/mol. The van der Waals surface area contributed by atoms with Gasteiger partial charge in [-0.3, -0.25) is 9.89 Å². The molecule has 98 valence electrons. The van der Waals surface area contributed by atoms with Crippen molar-refractivity contribution in [1.82, 2.24) is 10.2 Å². The Morgan fingerprint density at radius 3 is 2.95 bits per heavy atom. The Kier molecular flexibility index (Phi) is 3.26. The number of anilines is 1. The number of hydrogen-bond acceptors (Lipinski definition) is 4. The fourth-order valence-corrected chi connectivity index (χ4v) is 1.89. The standard InChI is InChI=1S/C13H13N3O3/c17-12(10-7-14-15-8-10)16-11-3-1-2-9(6-11)13-18-4-5-19-13/h1-3,6-8,13H,4-5H2,(H,14,15)(H,16,17). The Hall–Kier alpha value is -2.18. The number of carbonyl (C=O) groups excluding carboxylic acids is 1. The Balaban J connectivity index is 1.74. The number of ether oxygens (including phenoxy) is 2. The molecule has 2 heterocycles. The van der Waals surface area contributed by atoms with Gasteiger partial charge < -0.3 is 14.8 Å². The topological polar surface area (TPSA) is 76.2 Å². The maximum Gasteiger partial charge on any atom is 0.258 e. The van der Waals surface area contributed by atoms with Crippen LogP contribution in [-0.2, 0) is 9.47 Å². The van der Waals surface area contributed by atoms with Gasteiger partial charge in [0.25, 0.3) is 5.91 Å². The third-order valence-electron chi connectivity index (χ3n) is 2.80. The van der Waals surface area contributed by atoms with Crippen molar-refractivity contribution in [2.45, 2.75) is 6.29 Å². The summed E-state index contributed by atoms with van der Waals surface area (Å²) in [5, 5.41) is 9.14. The Bertz CT molecular complexity index is 562. The number of aromatic amines is 1. The van der Waals surface area contributed by atoms with Crippen molar-refractivity contribution in [2.75, 3.05) is 18.5 Å². The lowest BCUT2D eigenvalue weighted by atomic mass is 10.2. The Morgan fingerprint density at radius 2 is 2.21 bits per heavy atom. The van der Waals surface area contributed by atoms with Crippen LogP contribution in [0.15, 0.2) is 36.7 Å². The second kappa shape index (κ2) is 5.21. The highest BCUT2D eigenvalue weighted by Crippen LogP contribution is 2.25. The van der Waals surface area contributed by atoms with E-state index in [0.717, 1.165) is 5.56 Å². The first-order chi connectivity index (χ1) is 9.33. The molecule has 1 saturated heterocycles. The van der Waals surface area contributed by atoms with Crippen LogP contribution in [0.25, 0.3) is 0 Å². The summed E-state index contributed by atoms with van der Waals surface area (Å²) in [5.74, 6) is -0.209. The highest BCUT2D eigenvalue weighted by atomic mass is 16.7. The maximum atomic E-state index is 11.9. The summed E-state index contributed by atoms with van der Waals surface area (Å²) >= 11 is 0. The van der Waals surface area contributed by atoms with Crippen molar-refractivity contribution in [3.8, 4) is 0 Å². The summed E-state index contributed by atoms with van der Waals surface area (Å²) in [6, 6.07) is 7.42. The highest BCUT2D eigenvalue weighted by Gasteiger charge is 2.18. The van der Waals surface area contributed by atoms with Crippen molar-refractivity contribution < 1.29 is 14.3 Å². The van der Waals surface area contributed by atoms with Crippen LogP contribution < -0.4 is 5.32 Å². The predicted octanol–water partition coefficient (Wildman–Crippen LogP) is 1.71. The quantitative estimate of drug-likeness (QED) is 0.879. The molecule has 1 fully saturated rings. The van der Waals surface area contributed by atoms with Gasteiger partial charge in [0.05, 0.1) is 25.0 Å². The van der Waals surface area contributed by atoms with Crippen LogP contribution in [0.4, 0.5) is 5.69 Å². The lowest BCUT2D eigenvalue weighted by molar-refractivity contribution is -0.0440. The summed E-state index contributed by atoms with van der Waals surface area (Å²) in [6.45, 7) is 1.19. The van der Waals surface area contributed by atoms with Crippen LogP contribution in [0.5, 0.6) is 0 Å². The minimum atomic E-state index is -0.342. The van der Waals surface area contributed by atoms with E-state index in [1.807, 2.05) is 24.3 Å². The average Bonchev–Trinajstić information content (AvgIpc) is 3.13. The molecule has 1 amide bonds. The minimum absolute atomic E-state index is 0.209. The fourth-order valence-electron chi connectivity index (χ4n) is 1.89. The van der Waals surface area contributed by atoms with Crippen LogP contribution in [0.1, 0.15) is 22.2 Å². The van der Waals surface area contributed by atoms with Crippen LogP contribution >= 0.6 is 0 Å². The van der Waals surface area contributed by atoms with Crippen LogP contribution in [0, 0.1) is 0 Å². The minimum Gasteiger partial charge on any atom is -0.346 e. The second-order valence-corrected chi connectivity index (χ2v) is 4.14. The molecule has 0 aliphatic carbocycles. The van der Waals surface area contributed by atoms with Crippen LogP contribution in [0.3, 0.4) is 0 Å². The smallest absolute Gasteiger partial charge is 0.258 e. The van der Waals surface area contributed by atoms with Crippen molar-refractivity contribution >= 4 is 11.6 Å². The van der Waals surface area contributed by atoms with Crippen molar-refractivity contribution in [2.24, 2.45) is 0 Å².